The van der Waals surface area contributed by atoms with E-state index in [9.17, 15) is 13.6 Å². The average molecular weight is 413 g/mol. The van der Waals surface area contributed by atoms with E-state index < -0.39 is 0 Å². The highest BCUT2D eigenvalue weighted by Crippen LogP contribution is 2.33. The summed E-state index contributed by atoms with van der Waals surface area (Å²) in [7, 11) is 0. The topological polar surface area (TPSA) is 35.6 Å². The highest BCUT2D eigenvalue weighted by molar-refractivity contribution is 7.17. The molecule has 0 atom stereocenters. The Morgan fingerprint density at radius 3 is 2.72 bits per heavy atom. The minimum absolute atomic E-state index is 0.0757. The molecule has 4 nitrogen and oxygen atoms in total. The summed E-state index contributed by atoms with van der Waals surface area (Å²) in [6.45, 7) is 4.27. The Bertz CT molecular complexity index is 1090. The summed E-state index contributed by atoms with van der Waals surface area (Å²) in [6, 6.07) is 10.9. The molecule has 7 heteroatoms. The van der Waals surface area contributed by atoms with Crippen molar-refractivity contribution in [1.82, 2.24) is 4.90 Å². The van der Waals surface area contributed by atoms with Crippen molar-refractivity contribution in [2.75, 3.05) is 42.9 Å². The van der Waals surface area contributed by atoms with Crippen LogP contribution in [0.5, 0.6) is 0 Å². The van der Waals surface area contributed by atoms with Crippen LogP contribution in [-0.2, 0) is 17.6 Å². The van der Waals surface area contributed by atoms with Crippen molar-refractivity contribution < 1.29 is 13.6 Å². The molecule has 0 aliphatic carbocycles. The Morgan fingerprint density at radius 2 is 1.90 bits per heavy atom. The lowest BCUT2D eigenvalue weighted by Gasteiger charge is -2.36. The first-order valence-electron chi connectivity index (χ1n) is 9.83. The molecule has 3 heterocycles. The Kier molecular flexibility index (Phi) is 4.72. The van der Waals surface area contributed by atoms with Gasteiger partial charge in [0, 0.05) is 54.2 Å². The zero-order chi connectivity index (χ0) is 20.0. The minimum atomic E-state index is -0.254. The lowest BCUT2D eigenvalue weighted by molar-refractivity contribution is -0.115. The third-order valence-electron chi connectivity index (χ3n) is 5.82. The second-order valence-corrected chi connectivity index (χ2v) is 8.68. The van der Waals surface area contributed by atoms with E-state index in [1.807, 2.05) is 18.2 Å². The number of nitrogens with one attached hydrogen (secondary N) is 1. The zero-order valence-corrected chi connectivity index (χ0v) is 16.7. The van der Waals surface area contributed by atoms with Gasteiger partial charge in [-0.05, 0) is 41.8 Å². The van der Waals surface area contributed by atoms with Crippen molar-refractivity contribution >= 4 is 38.7 Å². The Balaban J connectivity index is 1.22. The monoisotopic (exact) mass is 413 g/mol. The SMILES string of the molecule is O=C1Cc2cc(CCN3CCN(c4cccc5sc(F)cc45)CC3)c(F)cc2N1. The van der Waals surface area contributed by atoms with Gasteiger partial charge in [-0.25, -0.2) is 4.39 Å². The summed E-state index contributed by atoms with van der Waals surface area (Å²) in [6.07, 6.45) is 0.953. The first kappa shape index (κ1) is 18.5. The van der Waals surface area contributed by atoms with Crippen LogP contribution < -0.4 is 10.2 Å². The van der Waals surface area contributed by atoms with E-state index in [1.54, 1.807) is 6.07 Å². The molecule has 1 N–H and O–H groups in total. The number of fused-ring (bicyclic) bond motifs is 2. The van der Waals surface area contributed by atoms with Crippen LogP contribution in [0.25, 0.3) is 10.1 Å². The molecule has 150 valence electrons. The maximum Gasteiger partial charge on any atom is 0.228 e. The van der Waals surface area contributed by atoms with Crippen LogP contribution >= 0.6 is 11.3 Å². The van der Waals surface area contributed by atoms with Gasteiger partial charge in [-0.1, -0.05) is 12.1 Å². The molecule has 0 unspecified atom stereocenters. The van der Waals surface area contributed by atoms with E-state index in [2.05, 4.69) is 21.2 Å². The third-order valence-corrected chi connectivity index (χ3v) is 6.70. The molecule has 3 aromatic rings. The third kappa shape index (κ3) is 3.60. The molecule has 2 aliphatic heterocycles. The summed E-state index contributed by atoms with van der Waals surface area (Å²) in [5.74, 6) is -0.330. The van der Waals surface area contributed by atoms with Gasteiger partial charge in [-0.3, -0.25) is 9.69 Å². The molecule has 1 amide bonds. The quantitative estimate of drug-likeness (QED) is 0.701. The van der Waals surface area contributed by atoms with Gasteiger partial charge in [0.2, 0.25) is 5.91 Å². The number of piperazine rings is 1. The largest absolute Gasteiger partial charge is 0.368 e. The maximum atomic E-state index is 14.4. The van der Waals surface area contributed by atoms with Crippen LogP contribution in [0.2, 0.25) is 0 Å². The number of carbonyl (C=O) groups is 1. The van der Waals surface area contributed by atoms with E-state index in [1.165, 1.54) is 17.4 Å². The molecule has 29 heavy (non-hydrogen) atoms. The number of rotatable bonds is 4. The van der Waals surface area contributed by atoms with Gasteiger partial charge < -0.3 is 10.2 Å². The molecule has 1 fully saturated rings. The van der Waals surface area contributed by atoms with Crippen LogP contribution in [0.1, 0.15) is 11.1 Å². The van der Waals surface area contributed by atoms with Crippen molar-refractivity contribution in [2.24, 2.45) is 0 Å². The van der Waals surface area contributed by atoms with Crippen LogP contribution in [-0.4, -0.2) is 43.5 Å². The van der Waals surface area contributed by atoms with Crippen LogP contribution in [0.3, 0.4) is 0 Å². The molecule has 0 radical (unpaired) electrons. The van der Waals surface area contributed by atoms with Crippen molar-refractivity contribution in [3.8, 4) is 0 Å². The van der Waals surface area contributed by atoms with Crippen molar-refractivity contribution in [3.05, 3.63) is 58.5 Å². The van der Waals surface area contributed by atoms with Crippen molar-refractivity contribution in [1.29, 1.82) is 0 Å². The predicted octanol–water partition coefficient (Wildman–Crippen LogP) is 4.04. The molecule has 0 bridgehead atoms. The maximum absolute atomic E-state index is 14.4. The summed E-state index contributed by atoms with van der Waals surface area (Å²) >= 11 is 1.18. The summed E-state index contributed by atoms with van der Waals surface area (Å²) < 4.78 is 29.0. The van der Waals surface area contributed by atoms with Crippen LogP contribution in [0.4, 0.5) is 20.2 Å². The van der Waals surface area contributed by atoms with Gasteiger partial charge in [0.25, 0.3) is 0 Å². The first-order chi connectivity index (χ1) is 14.1. The highest BCUT2D eigenvalue weighted by Gasteiger charge is 2.22. The Labute approximate surface area is 171 Å². The summed E-state index contributed by atoms with van der Waals surface area (Å²) in [5.41, 5.74) is 3.24. The molecule has 0 spiro atoms. The van der Waals surface area contributed by atoms with Gasteiger partial charge in [-0.2, -0.15) is 4.39 Å². The molecule has 1 aromatic heterocycles. The fraction of sp³-hybridized carbons (Fsp3) is 0.318. The molecular weight excluding hydrogens is 392 g/mol. The van der Waals surface area contributed by atoms with E-state index in [0.717, 1.165) is 54.1 Å². The predicted molar refractivity (Wildman–Crippen MR) is 113 cm³/mol. The fourth-order valence-corrected chi connectivity index (χ4v) is 5.08. The molecule has 1 saturated heterocycles. The summed E-state index contributed by atoms with van der Waals surface area (Å²) in [4.78, 5) is 16.1. The fourth-order valence-electron chi connectivity index (χ4n) is 4.27. The lowest BCUT2D eigenvalue weighted by atomic mass is 10.0. The van der Waals surface area contributed by atoms with Gasteiger partial charge in [0.05, 0.1) is 6.42 Å². The standard InChI is InChI=1S/C22H21F2N3OS/c23-17-13-18-15(11-22(28)25-18)10-14(17)4-5-26-6-8-27(9-7-26)19-2-1-3-20-16(19)12-21(24)29-20/h1-3,10,12-13H,4-9,11H2,(H,25,28). The number of amides is 1. The molecule has 2 aromatic carbocycles. The molecule has 5 rings (SSSR count). The lowest BCUT2D eigenvalue weighted by Crippen LogP contribution is -2.47. The number of halogens is 2. The smallest absolute Gasteiger partial charge is 0.228 e. The van der Waals surface area contributed by atoms with Gasteiger partial charge in [0.1, 0.15) is 5.82 Å². The Morgan fingerprint density at radius 1 is 1.07 bits per heavy atom. The van der Waals surface area contributed by atoms with Crippen LogP contribution in [0.15, 0.2) is 36.4 Å². The zero-order valence-electron chi connectivity index (χ0n) is 15.9. The van der Waals surface area contributed by atoms with E-state index in [0.29, 0.717) is 24.1 Å². The van der Waals surface area contributed by atoms with Gasteiger partial charge >= 0.3 is 0 Å². The Hall–Kier alpha value is -2.51. The second-order valence-electron chi connectivity index (χ2n) is 7.64. The first-order valence-corrected chi connectivity index (χ1v) is 10.6. The highest BCUT2D eigenvalue weighted by atomic mass is 32.1. The van der Waals surface area contributed by atoms with Gasteiger partial charge in [0.15, 0.2) is 5.13 Å². The number of hydrogen-bond donors (Lipinski definition) is 1. The van der Waals surface area contributed by atoms with Crippen LogP contribution in [0, 0.1) is 10.9 Å². The number of thiophene rings is 1. The second kappa shape index (κ2) is 7.39. The van der Waals surface area contributed by atoms with Crippen molar-refractivity contribution in [3.63, 3.8) is 0 Å². The number of benzene rings is 2. The molecule has 0 saturated carbocycles. The number of carbonyl (C=O) groups excluding carboxylic acids is 1. The number of hydrogen-bond acceptors (Lipinski definition) is 4. The van der Waals surface area contributed by atoms with Crippen molar-refractivity contribution in [2.45, 2.75) is 12.8 Å². The minimum Gasteiger partial charge on any atom is -0.368 e. The molecule has 2 aliphatic rings. The number of nitrogens with zero attached hydrogens (tertiary/aromatic N) is 2. The molecular formula is C22H21F2N3OS. The normalized spacial score (nSPS) is 17.0. The number of anilines is 2. The summed E-state index contributed by atoms with van der Waals surface area (Å²) in [5, 5.41) is 3.51. The van der Waals surface area contributed by atoms with E-state index >= 15 is 0 Å². The van der Waals surface area contributed by atoms with E-state index in [-0.39, 0.29) is 16.9 Å². The van der Waals surface area contributed by atoms with Gasteiger partial charge in [-0.15, -0.1) is 11.3 Å². The average Bonchev–Trinajstić information content (AvgIpc) is 3.26. The van der Waals surface area contributed by atoms with E-state index in [4.69, 9.17) is 0 Å².